The molecule has 1 unspecified atom stereocenters. The van der Waals surface area contributed by atoms with Crippen molar-refractivity contribution in [2.75, 3.05) is 7.11 Å². The summed E-state index contributed by atoms with van der Waals surface area (Å²) in [5, 5.41) is 11.3. The number of pyridine rings is 1. The van der Waals surface area contributed by atoms with Gasteiger partial charge in [0.2, 0.25) is 11.8 Å². The van der Waals surface area contributed by atoms with Crippen LogP contribution in [0, 0.1) is 5.92 Å². The van der Waals surface area contributed by atoms with Crippen molar-refractivity contribution in [2.24, 2.45) is 11.7 Å². The molecule has 1 aliphatic carbocycles. The van der Waals surface area contributed by atoms with Gasteiger partial charge in [-0.3, -0.25) is 4.79 Å². The number of thiophene rings is 1. The minimum Gasteiger partial charge on any atom is -0.497 e. The fourth-order valence-electron chi connectivity index (χ4n) is 4.33. The molecule has 3 heterocycles. The van der Waals surface area contributed by atoms with Crippen LogP contribution in [0.2, 0.25) is 5.02 Å². The number of aryl methyl sites for hydroxylation is 1. The number of primary amides is 1. The Hall–Kier alpha value is -3.30. The first-order valence-electron chi connectivity index (χ1n) is 10.3. The van der Waals surface area contributed by atoms with E-state index in [-0.39, 0.29) is 24.2 Å². The number of oxazole rings is 1. The maximum absolute atomic E-state index is 12.0. The number of rotatable bonds is 5. The number of aromatic hydroxyl groups is 1. The molecule has 0 spiro atoms. The summed E-state index contributed by atoms with van der Waals surface area (Å²) < 4.78 is 11.1. The van der Waals surface area contributed by atoms with Crippen LogP contribution >= 0.6 is 22.9 Å². The number of nitrogens with two attached hydrogens (primary N) is 1. The van der Waals surface area contributed by atoms with E-state index in [1.807, 2.05) is 24.3 Å². The van der Waals surface area contributed by atoms with E-state index in [1.165, 1.54) is 11.3 Å². The fourth-order valence-corrected chi connectivity index (χ4v) is 5.96. The lowest BCUT2D eigenvalue weighted by Crippen LogP contribution is -2.27. The molecule has 0 saturated heterocycles. The molecule has 1 amide bonds. The molecular formula is C23H20ClN3O5S. The lowest BCUT2D eigenvalue weighted by Gasteiger charge is -2.20. The van der Waals surface area contributed by atoms with E-state index in [0.717, 1.165) is 42.6 Å². The number of methoxy groups -OCH3 is 1. The van der Waals surface area contributed by atoms with Crippen molar-refractivity contribution in [2.45, 2.75) is 25.8 Å². The third kappa shape index (κ3) is 3.67. The first kappa shape index (κ1) is 21.5. The Balaban J connectivity index is 1.74. The summed E-state index contributed by atoms with van der Waals surface area (Å²) in [4.78, 5) is 30.4. The Morgan fingerprint density at radius 3 is 2.79 bits per heavy atom. The van der Waals surface area contributed by atoms with E-state index in [1.54, 1.807) is 7.11 Å². The highest BCUT2D eigenvalue weighted by Gasteiger charge is 2.29. The second-order valence-electron chi connectivity index (χ2n) is 7.95. The number of aromatic nitrogens is 2. The van der Waals surface area contributed by atoms with Crippen molar-refractivity contribution in [3.05, 3.63) is 62.2 Å². The molecule has 0 saturated carbocycles. The summed E-state index contributed by atoms with van der Waals surface area (Å²) in [5.41, 5.74) is 8.80. The predicted molar refractivity (Wildman–Crippen MR) is 125 cm³/mol. The van der Waals surface area contributed by atoms with Crippen LogP contribution in [0.5, 0.6) is 11.6 Å². The molecular weight excluding hydrogens is 466 g/mol. The third-order valence-corrected chi connectivity index (χ3v) is 7.61. The molecule has 10 heteroatoms. The van der Waals surface area contributed by atoms with E-state index in [2.05, 4.69) is 0 Å². The minimum atomic E-state index is -0.703. The summed E-state index contributed by atoms with van der Waals surface area (Å²) in [6, 6.07) is 7.55. The van der Waals surface area contributed by atoms with E-state index in [0.29, 0.717) is 35.7 Å². The quantitative estimate of drug-likeness (QED) is 0.444. The maximum Gasteiger partial charge on any atom is 0.422 e. The zero-order valence-corrected chi connectivity index (χ0v) is 19.2. The average molecular weight is 486 g/mol. The number of ether oxygens (including phenoxy) is 1. The van der Waals surface area contributed by atoms with Crippen molar-refractivity contribution >= 4 is 39.1 Å². The van der Waals surface area contributed by atoms with E-state index in [9.17, 15) is 14.7 Å². The Kier molecular flexibility index (Phi) is 5.38. The largest absolute Gasteiger partial charge is 0.497 e. The number of benzene rings is 1. The molecule has 3 aromatic heterocycles. The average Bonchev–Trinajstić information content (AvgIpc) is 3.33. The number of carbonyl (C=O) groups is 1. The van der Waals surface area contributed by atoms with Gasteiger partial charge in [0, 0.05) is 21.7 Å². The molecule has 0 bridgehead atoms. The van der Waals surface area contributed by atoms with Crippen LogP contribution < -0.4 is 16.2 Å². The summed E-state index contributed by atoms with van der Waals surface area (Å²) in [6.07, 6.45) is 2.93. The number of carbonyl (C=O) groups excluding carboxylic acids is 1. The van der Waals surface area contributed by atoms with Gasteiger partial charge in [0.25, 0.3) is 0 Å². The molecule has 1 aliphatic rings. The Morgan fingerprint density at radius 1 is 1.39 bits per heavy atom. The fraction of sp³-hybridized carbons (Fsp3) is 0.261. The normalized spacial score (nSPS) is 15.5. The van der Waals surface area contributed by atoms with Crippen LogP contribution in [-0.4, -0.2) is 27.7 Å². The third-order valence-electron chi connectivity index (χ3n) is 6.06. The number of amides is 1. The zero-order valence-electron chi connectivity index (χ0n) is 17.6. The molecule has 5 rings (SSSR count). The molecule has 4 aromatic rings. The predicted octanol–water partition coefficient (Wildman–Crippen LogP) is 3.72. The van der Waals surface area contributed by atoms with Crippen molar-refractivity contribution in [1.29, 1.82) is 0 Å². The number of hydrogen-bond acceptors (Lipinski definition) is 7. The molecule has 1 atom stereocenters. The molecule has 170 valence electrons. The van der Waals surface area contributed by atoms with Gasteiger partial charge >= 0.3 is 5.76 Å². The van der Waals surface area contributed by atoms with Gasteiger partial charge in [-0.15, -0.1) is 11.3 Å². The summed E-state index contributed by atoms with van der Waals surface area (Å²) >= 11 is 8.41. The monoisotopic (exact) mass is 485 g/mol. The molecule has 1 aromatic carbocycles. The number of hydrogen-bond donors (Lipinski definition) is 2. The topological polar surface area (TPSA) is 121 Å². The second kappa shape index (κ2) is 8.24. The summed E-state index contributed by atoms with van der Waals surface area (Å²) in [5.74, 6) is -0.793. The van der Waals surface area contributed by atoms with E-state index in [4.69, 9.17) is 31.5 Å². The molecule has 0 radical (unpaired) electrons. The maximum atomic E-state index is 12.0. The molecule has 8 nitrogen and oxygen atoms in total. The van der Waals surface area contributed by atoms with Crippen LogP contribution in [-0.2, 0) is 24.2 Å². The highest BCUT2D eigenvalue weighted by atomic mass is 35.5. The van der Waals surface area contributed by atoms with Crippen molar-refractivity contribution in [1.82, 2.24) is 9.55 Å². The standard InChI is InChI=1S/C23H20ClN3O5S/c1-31-13-5-2-11(3-6-13)18-19-14-7-4-12(21(25)29)8-16(14)33-22(19)26-15(20(18)24)9-27-17(28)10-32-23(27)30/h2-3,5-6,10,12,28H,4,7-9H2,1H3,(H2,25,29). The Bertz CT molecular complexity index is 1440. The number of halogens is 1. The van der Waals surface area contributed by atoms with Gasteiger partial charge < -0.3 is 20.0 Å². The van der Waals surface area contributed by atoms with Gasteiger partial charge in [0.05, 0.1) is 24.4 Å². The van der Waals surface area contributed by atoms with E-state index < -0.39 is 5.76 Å². The van der Waals surface area contributed by atoms with Crippen LogP contribution in [0.1, 0.15) is 22.6 Å². The summed E-state index contributed by atoms with van der Waals surface area (Å²) in [6.45, 7) is -0.0500. The Morgan fingerprint density at radius 2 is 2.15 bits per heavy atom. The van der Waals surface area contributed by atoms with Crippen LogP contribution in [0.4, 0.5) is 0 Å². The van der Waals surface area contributed by atoms with Gasteiger partial charge in [-0.25, -0.2) is 14.3 Å². The lowest BCUT2D eigenvalue weighted by molar-refractivity contribution is -0.122. The van der Waals surface area contributed by atoms with Crippen molar-refractivity contribution in [3.8, 4) is 22.8 Å². The zero-order chi connectivity index (χ0) is 23.3. The van der Waals surface area contributed by atoms with Crippen LogP contribution in [0.15, 0.2) is 39.7 Å². The molecule has 33 heavy (non-hydrogen) atoms. The van der Waals surface area contributed by atoms with Gasteiger partial charge in [0.1, 0.15) is 10.6 Å². The number of fused-ring (bicyclic) bond motifs is 3. The second-order valence-corrected chi connectivity index (χ2v) is 9.41. The first-order valence-corrected chi connectivity index (χ1v) is 11.5. The highest BCUT2D eigenvalue weighted by molar-refractivity contribution is 7.19. The lowest BCUT2D eigenvalue weighted by atomic mass is 9.86. The number of nitrogens with zero attached hydrogens (tertiary/aromatic N) is 2. The molecule has 3 N–H and O–H groups in total. The molecule has 0 fully saturated rings. The summed E-state index contributed by atoms with van der Waals surface area (Å²) in [7, 11) is 1.60. The first-order chi connectivity index (χ1) is 15.9. The smallest absolute Gasteiger partial charge is 0.422 e. The highest BCUT2D eigenvalue weighted by Crippen LogP contribution is 2.45. The van der Waals surface area contributed by atoms with E-state index >= 15 is 0 Å². The van der Waals surface area contributed by atoms with Gasteiger partial charge in [-0.2, -0.15) is 0 Å². The van der Waals surface area contributed by atoms with Gasteiger partial charge in [0.15, 0.2) is 6.26 Å². The minimum absolute atomic E-state index is 0.0500. The van der Waals surface area contributed by atoms with Crippen molar-refractivity contribution in [3.63, 3.8) is 0 Å². The van der Waals surface area contributed by atoms with Crippen molar-refractivity contribution < 1.29 is 19.1 Å². The van der Waals surface area contributed by atoms with Crippen LogP contribution in [0.3, 0.4) is 0 Å². The Labute approximate surface area is 197 Å². The van der Waals surface area contributed by atoms with Crippen LogP contribution in [0.25, 0.3) is 21.3 Å². The SMILES string of the molecule is COc1ccc(-c2c(Cl)c(Cn3c(O)coc3=O)nc3sc4c(c23)CCC(C(N)=O)C4)cc1. The van der Waals surface area contributed by atoms with Gasteiger partial charge in [-0.05, 0) is 42.5 Å². The van der Waals surface area contributed by atoms with Gasteiger partial charge in [-0.1, -0.05) is 23.7 Å². The molecule has 0 aliphatic heterocycles.